The lowest BCUT2D eigenvalue weighted by Gasteiger charge is -2.11. The largest absolute Gasteiger partial charge is 0.305 e. The van der Waals surface area contributed by atoms with Crippen LogP contribution in [0.25, 0.3) is 12.2 Å². The highest BCUT2D eigenvalue weighted by atomic mass is 32.2. The number of hydrogen-bond acceptors (Lipinski definition) is 4. The summed E-state index contributed by atoms with van der Waals surface area (Å²) in [6, 6.07) is 15.5. The van der Waals surface area contributed by atoms with E-state index >= 15 is 0 Å². The maximum atomic E-state index is 12.9. The third kappa shape index (κ3) is 4.05. The van der Waals surface area contributed by atoms with E-state index in [0.717, 1.165) is 9.87 Å². The van der Waals surface area contributed by atoms with Gasteiger partial charge in [-0.15, -0.1) is 0 Å². The first-order valence-corrected chi connectivity index (χ1v) is 10.6. The summed E-state index contributed by atoms with van der Waals surface area (Å²) >= 11 is 0. The number of rotatable bonds is 4. The van der Waals surface area contributed by atoms with Crippen molar-refractivity contribution in [2.45, 2.75) is 4.90 Å². The molecule has 0 bridgehead atoms. The fourth-order valence-corrected chi connectivity index (χ4v) is 3.88. The Morgan fingerprint density at radius 3 is 1.60 bits per heavy atom. The second-order valence-corrected chi connectivity index (χ2v) is 9.21. The minimum atomic E-state index is -3.54. The molecule has 0 radical (unpaired) electrons. The van der Waals surface area contributed by atoms with Crippen LogP contribution in [0.4, 0.5) is 0 Å². The smallest absolute Gasteiger partial charge is 0.274 e. The Bertz CT molecular complexity index is 1420. The van der Waals surface area contributed by atoms with Crippen LogP contribution in [0.5, 0.6) is 0 Å². The second kappa shape index (κ2) is 8.25. The van der Waals surface area contributed by atoms with Gasteiger partial charge in [0.1, 0.15) is 10.7 Å². The third-order valence-corrected chi connectivity index (χ3v) is 6.66. The van der Waals surface area contributed by atoms with Crippen molar-refractivity contribution in [3.05, 3.63) is 97.1 Å². The lowest BCUT2D eigenvalue weighted by Crippen LogP contribution is -2.56. The summed E-state index contributed by atoms with van der Waals surface area (Å²) in [6.07, 6.45) is 3.25. The van der Waals surface area contributed by atoms with Gasteiger partial charge in [-0.3, -0.25) is 9.59 Å². The van der Waals surface area contributed by atoms with Gasteiger partial charge < -0.3 is 9.13 Å². The number of hydrogen-bond donors (Lipinski definition) is 0. The lowest BCUT2D eigenvalue weighted by atomic mass is 10.2. The van der Waals surface area contributed by atoms with Gasteiger partial charge in [0.2, 0.25) is 10.0 Å². The van der Waals surface area contributed by atoms with Crippen LogP contribution in [-0.4, -0.2) is 36.0 Å². The van der Waals surface area contributed by atoms with Crippen molar-refractivity contribution in [1.29, 1.82) is 0 Å². The van der Waals surface area contributed by atoms with E-state index in [-0.39, 0.29) is 26.7 Å². The van der Waals surface area contributed by atoms with Gasteiger partial charge in [-0.2, -0.15) is 0 Å². The van der Waals surface area contributed by atoms with Crippen molar-refractivity contribution in [2.24, 2.45) is 14.1 Å². The standard InChI is InChI=1S/C22H23N3O4S/c1-23(2)30(28,29)18-12-10-17(11-13-18)15-20-22(27)24(3)19(21(26)25(20)4)14-16-8-6-5-7-9-16/h5-15H,1-4H3/b19-14-,20-15-. The zero-order valence-electron chi connectivity index (χ0n) is 17.2. The molecular weight excluding hydrogens is 402 g/mol. The Labute approximate surface area is 174 Å². The van der Waals surface area contributed by atoms with Crippen LogP contribution < -0.4 is 21.8 Å². The molecule has 0 saturated carbocycles. The molecule has 2 aromatic carbocycles. The first-order valence-electron chi connectivity index (χ1n) is 9.20. The summed E-state index contributed by atoms with van der Waals surface area (Å²) in [5, 5.41) is 0.481. The molecule has 0 aliphatic heterocycles. The molecule has 0 atom stereocenters. The van der Waals surface area contributed by atoms with E-state index in [2.05, 4.69) is 0 Å². The first-order chi connectivity index (χ1) is 14.1. The second-order valence-electron chi connectivity index (χ2n) is 7.05. The minimum absolute atomic E-state index is 0.152. The maximum Gasteiger partial charge on any atom is 0.274 e. The molecule has 0 aliphatic rings. The Hall–Kier alpha value is -3.23. The van der Waals surface area contributed by atoms with E-state index in [1.165, 1.54) is 35.4 Å². The summed E-state index contributed by atoms with van der Waals surface area (Å²) in [7, 11) is 2.49. The van der Waals surface area contributed by atoms with Crippen molar-refractivity contribution >= 4 is 22.2 Å². The van der Waals surface area contributed by atoms with Crippen molar-refractivity contribution in [1.82, 2.24) is 13.4 Å². The summed E-state index contributed by atoms with van der Waals surface area (Å²) < 4.78 is 28.2. The average Bonchev–Trinajstić information content (AvgIpc) is 2.74. The van der Waals surface area contributed by atoms with E-state index in [0.29, 0.717) is 5.56 Å². The molecule has 0 amide bonds. The summed E-state index contributed by atoms with van der Waals surface area (Å²) in [4.78, 5) is 26.0. The van der Waals surface area contributed by atoms with Gasteiger partial charge in [0.15, 0.2) is 0 Å². The van der Waals surface area contributed by atoms with Gasteiger partial charge in [-0.25, -0.2) is 12.7 Å². The highest BCUT2D eigenvalue weighted by Gasteiger charge is 2.16. The zero-order chi connectivity index (χ0) is 22.1. The topological polar surface area (TPSA) is 81.4 Å². The molecule has 0 spiro atoms. The van der Waals surface area contributed by atoms with Gasteiger partial charge in [-0.05, 0) is 35.4 Å². The Morgan fingerprint density at radius 1 is 0.733 bits per heavy atom. The van der Waals surface area contributed by atoms with Crippen LogP contribution in [0.2, 0.25) is 0 Å². The van der Waals surface area contributed by atoms with Crippen molar-refractivity contribution in [3.8, 4) is 0 Å². The molecule has 156 valence electrons. The van der Waals surface area contributed by atoms with E-state index in [9.17, 15) is 18.0 Å². The van der Waals surface area contributed by atoms with Gasteiger partial charge >= 0.3 is 0 Å². The monoisotopic (exact) mass is 425 g/mol. The summed E-state index contributed by atoms with van der Waals surface area (Å²) in [5.41, 5.74) is 0.793. The SMILES string of the molecule is CN(C)S(=O)(=O)c1ccc(/C=c2/c(=O)n(C)/c(=C\c3ccccc3)c(=O)n2C)cc1. The Balaban J connectivity index is 2.17. The average molecular weight is 426 g/mol. The lowest BCUT2D eigenvalue weighted by molar-refractivity contribution is 0.521. The van der Waals surface area contributed by atoms with Crippen LogP contribution in [-0.2, 0) is 24.1 Å². The number of benzene rings is 2. The number of sulfonamides is 1. The molecule has 1 aromatic heterocycles. The molecule has 1 heterocycles. The van der Waals surface area contributed by atoms with Gasteiger partial charge in [0.05, 0.1) is 4.90 Å². The minimum Gasteiger partial charge on any atom is -0.305 e. The molecule has 0 aliphatic carbocycles. The van der Waals surface area contributed by atoms with Crippen molar-refractivity contribution < 1.29 is 8.42 Å². The summed E-state index contributed by atoms with van der Waals surface area (Å²) in [5.74, 6) is 0. The van der Waals surface area contributed by atoms with Crippen LogP contribution >= 0.6 is 0 Å². The predicted molar refractivity (Wildman–Crippen MR) is 117 cm³/mol. The molecule has 0 N–H and O–H groups in total. The van der Waals surface area contributed by atoms with E-state index in [1.54, 1.807) is 38.4 Å². The molecule has 0 unspecified atom stereocenters. The molecular formula is C22H23N3O4S. The molecule has 3 aromatic rings. The molecule has 3 rings (SSSR count). The quantitative estimate of drug-likeness (QED) is 0.589. The molecule has 0 saturated heterocycles. The van der Waals surface area contributed by atoms with E-state index in [4.69, 9.17) is 0 Å². The van der Waals surface area contributed by atoms with Crippen LogP contribution in [0.1, 0.15) is 11.1 Å². The van der Waals surface area contributed by atoms with Gasteiger partial charge in [0.25, 0.3) is 11.1 Å². The highest BCUT2D eigenvalue weighted by molar-refractivity contribution is 7.89. The Kier molecular flexibility index (Phi) is 5.91. The highest BCUT2D eigenvalue weighted by Crippen LogP contribution is 2.14. The van der Waals surface area contributed by atoms with Gasteiger partial charge in [-0.1, -0.05) is 42.5 Å². The normalized spacial score (nSPS) is 13.2. The molecule has 7 nitrogen and oxygen atoms in total. The maximum absolute atomic E-state index is 12.9. The van der Waals surface area contributed by atoms with Crippen molar-refractivity contribution in [2.75, 3.05) is 14.1 Å². The predicted octanol–water partition coefficient (Wildman–Crippen LogP) is -0.00810. The summed E-state index contributed by atoms with van der Waals surface area (Å²) in [6.45, 7) is 0. The van der Waals surface area contributed by atoms with Crippen molar-refractivity contribution in [3.63, 3.8) is 0 Å². The third-order valence-electron chi connectivity index (χ3n) is 4.84. The Morgan fingerprint density at radius 2 is 1.17 bits per heavy atom. The fourth-order valence-electron chi connectivity index (χ4n) is 2.98. The van der Waals surface area contributed by atoms with Crippen LogP contribution in [0.3, 0.4) is 0 Å². The molecule has 8 heteroatoms. The van der Waals surface area contributed by atoms with Crippen LogP contribution in [0, 0.1) is 0 Å². The van der Waals surface area contributed by atoms with Crippen LogP contribution in [0.15, 0.2) is 69.1 Å². The number of nitrogens with zero attached hydrogens (tertiary/aromatic N) is 3. The molecule has 30 heavy (non-hydrogen) atoms. The number of aromatic nitrogens is 2. The van der Waals surface area contributed by atoms with Gasteiger partial charge in [0, 0.05) is 28.2 Å². The zero-order valence-corrected chi connectivity index (χ0v) is 18.1. The fraction of sp³-hybridized carbons (Fsp3) is 0.182. The molecule has 0 fully saturated rings. The van der Waals surface area contributed by atoms with E-state index in [1.807, 2.05) is 30.3 Å². The first kappa shape index (κ1) is 21.5. The van der Waals surface area contributed by atoms with E-state index < -0.39 is 10.0 Å².